The molecule has 0 aliphatic carbocycles. The minimum absolute atomic E-state index is 0.461. The molecule has 2 aromatic rings. The van der Waals surface area contributed by atoms with Crippen LogP contribution in [0.1, 0.15) is 17.5 Å². The highest BCUT2D eigenvalue weighted by molar-refractivity contribution is 6.30. The molecule has 1 aliphatic rings. The summed E-state index contributed by atoms with van der Waals surface area (Å²) in [7, 11) is 0. The largest absolute Gasteiger partial charge is 0.440 e. The Morgan fingerprint density at radius 2 is 1.95 bits per heavy atom. The van der Waals surface area contributed by atoms with Crippen molar-refractivity contribution in [3.05, 3.63) is 64.7 Å². The van der Waals surface area contributed by atoms with Crippen LogP contribution in [0.2, 0.25) is 5.02 Å². The van der Waals surface area contributed by atoms with Gasteiger partial charge in [0.25, 0.3) is 0 Å². The van der Waals surface area contributed by atoms with Crippen molar-refractivity contribution in [3.63, 3.8) is 0 Å². The molecule has 0 unspecified atom stereocenters. The number of amides is 1. The zero-order chi connectivity index (χ0) is 15.4. The fraction of sp³-hybridized carbons (Fsp3) is 0.176. The summed E-state index contributed by atoms with van der Waals surface area (Å²) in [5.41, 5.74) is 2.88. The molecule has 5 heteroatoms. The standard InChI is InChI=1S/C17H15ClN2O2/c18-15-9-7-13(8-10-15)12-19-22-17(21)20-11-3-5-14-4-1-2-6-16(14)20/h1-2,4,6-10,12H,3,5,11H2. The van der Waals surface area contributed by atoms with Gasteiger partial charge in [0.2, 0.25) is 0 Å². The second-order valence-corrected chi connectivity index (χ2v) is 5.46. The number of rotatable bonds is 2. The van der Waals surface area contributed by atoms with Gasteiger partial charge in [0.05, 0.1) is 11.9 Å². The van der Waals surface area contributed by atoms with Gasteiger partial charge < -0.3 is 0 Å². The zero-order valence-electron chi connectivity index (χ0n) is 11.9. The molecular weight excluding hydrogens is 300 g/mol. The van der Waals surface area contributed by atoms with E-state index in [0.29, 0.717) is 11.6 Å². The number of para-hydroxylation sites is 1. The molecule has 0 bridgehead atoms. The van der Waals surface area contributed by atoms with Crippen LogP contribution in [0, 0.1) is 0 Å². The number of nitrogens with zero attached hydrogens (tertiary/aromatic N) is 2. The third kappa shape index (κ3) is 3.28. The van der Waals surface area contributed by atoms with Gasteiger partial charge >= 0.3 is 6.09 Å². The first-order valence-electron chi connectivity index (χ1n) is 7.09. The molecule has 1 aliphatic heterocycles. The summed E-state index contributed by atoms with van der Waals surface area (Å²) in [6.07, 6.45) is 2.93. The smallest absolute Gasteiger partial charge is 0.298 e. The number of fused-ring (bicyclic) bond motifs is 1. The molecule has 0 N–H and O–H groups in total. The molecule has 0 atom stereocenters. The van der Waals surface area contributed by atoms with Crippen LogP contribution in [-0.4, -0.2) is 18.9 Å². The molecule has 0 saturated carbocycles. The van der Waals surface area contributed by atoms with Crippen LogP contribution in [0.5, 0.6) is 0 Å². The zero-order valence-corrected chi connectivity index (χ0v) is 12.7. The van der Waals surface area contributed by atoms with Crippen LogP contribution in [0.3, 0.4) is 0 Å². The van der Waals surface area contributed by atoms with Crippen LogP contribution in [0.4, 0.5) is 10.5 Å². The summed E-state index contributed by atoms with van der Waals surface area (Å²) in [5.74, 6) is 0. The number of benzene rings is 2. The number of carbonyl (C=O) groups excluding carboxylic acids is 1. The monoisotopic (exact) mass is 314 g/mol. The fourth-order valence-corrected chi connectivity index (χ4v) is 2.58. The van der Waals surface area contributed by atoms with Crippen LogP contribution in [0.25, 0.3) is 0 Å². The molecule has 1 heterocycles. The highest BCUT2D eigenvalue weighted by Gasteiger charge is 2.23. The molecule has 4 nitrogen and oxygen atoms in total. The van der Waals surface area contributed by atoms with E-state index in [1.165, 1.54) is 6.21 Å². The van der Waals surface area contributed by atoms with Gasteiger partial charge in [0, 0.05) is 11.6 Å². The van der Waals surface area contributed by atoms with Crippen LogP contribution in [0.15, 0.2) is 53.7 Å². The normalized spacial score (nSPS) is 14.0. The lowest BCUT2D eigenvalue weighted by Gasteiger charge is -2.27. The Labute approximate surface area is 133 Å². The Hall–Kier alpha value is -2.33. The Morgan fingerprint density at radius 3 is 2.77 bits per heavy atom. The molecule has 0 spiro atoms. The third-order valence-corrected chi connectivity index (χ3v) is 3.79. The molecule has 112 valence electrons. The maximum atomic E-state index is 12.2. The molecule has 0 aromatic heterocycles. The first-order valence-corrected chi connectivity index (χ1v) is 7.47. The molecule has 1 amide bonds. The van der Waals surface area contributed by atoms with Crippen LogP contribution >= 0.6 is 11.6 Å². The third-order valence-electron chi connectivity index (χ3n) is 3.53. The summed E-state index contributed by atoms with van der Waals surface area (Å²) in [6, 6.07) is 15.0. The average Bonchev–Trinajstić information content (AvgIpc) is 2.56. The summed E-state index contributed by atoms with van der Waals surface area (Å²) in [6.45, 7) is 0.645. The summed E-state index contributed by atoms with van der Waals surface area (Å²) in [4.78, 5) is 18.8. The Kier molecular flexibility index (Phi) is 4.39. The average molecular weight is 315 g/mol. The first-order chi connectivity index (χ1) is 10.7. The van der Waals surface area contributed by atoms with E-state index >= 15 is 0 Å². The molecule has 2 aromatic carbocycles. The number of carbonyl (C=O) groups is 1. The lowest BCUT2D eigenvalue weighted by molar-refractivity contribution is 0.158. The maximum Gasteiger partial charge on any atom is 0.440 e. The summed E-state index contributed by atoms with van der Waals surface area (Å²) in [5, 5.41) is 4.41. The van der Waals surface area contributed by atoms with Crippen molar-refractivity contribution in [2.75, 3.05) is 11.4 Å². The second-order valence-electron chi connectivity index (χ2n) is 5.03. The van der Waals surface area contributed by atoms with Gasteiger partial charge in [-0.2, -0.15) is 0 Å². The van der Waals surface area contributed by atoms with Crippen molar-refractivity contribution in [2.45, 2.75) is 12.8 Å². The fourth-order valence-electron chi connectivity index (χ4n) is 2.45. The van der Waals surface area contributed by atoms with E-state index in [0.717, 1.165) is 29.7 Å². The van der Waals surface area contributed by atoms with E-state index in [1.807, 2.05) is 24.3 Å². The van der Waals surface area contributed by atoms with Gasteiger partial charge in [0.15, 0.2) is 0 Å². The SMILES string of the molecule is O=C(ON=Cc1ccc(Cl)cc1)N1CCCc2ccccc21. The molecular formula is C17H15ClN2O2. The van der Waals surface area contributed by atoms with Crippen molar-refractivity contribution < 1.29 is 9.63 Å². The second kappa shape index (κ2) is 6.62. The summed E-state index contributed by atoms with van der Waals surface area (Å²) < 4.78 is 0. The van der Waals surface area contributed by atoms with Crippen molar-refractivity contribution >= 4 is 29.6 Å². The highest BCUT2D eigenvalue weighted by atomic mass is 35.5. The van der Waals surface area contributed by atoms with Crippen molar-refractivity contribution in [2.24, 2.45) is 5.16 Å². The van der Waals surface area contributed by atoms with E-state index in [2.05, 4.69) is 5.16 Å². The van der Waals surface area contributed by atoms with Crippen molar-refractivity contribution in [3.8, 4) is 0 Å². The van der Waals surface area contributed by atoms with Gasteiger partial charge in [-0.3, -0.25) is 9.74 Å². The molecule has 22 heavy (non-hydrogen) atoms. The predicted molar refractivity (Wildman–Crippen MR) is 87.6 cm³/mol. The van der Waals surface area contributed by atoms with Gasteiger partial charge in [0.1, 0.15) is 0 Å². The summed E-state index contributed by atoms with van der Waals surface area (Å²) >= 11 is 5.81. The minimum Gasteiger partial charge on any atom is -0.298 e. The van der Waals surface area contributed by atoms with E-state index in [-0.39, 0.29) is 0 Å². The first kappa shape index (κ1) is 14.6. The Bertz CT molecular complexity index is 698. The van der Waals surface area contributed by atoms with E-state index in [4.69, 9.17) is 16.4 Å². The number of hydrogen-bond donors (Lipinski definition) is 0. The lowest BCUT2D eigenvalue weighted by Crippen LogP contribution is -2.35. The molecule has 0 fully saturated rings. The number of aryl methyl sites for hydroxylation is 1. The van der Waals surface area contributed by atoms with Gasteiger partial charge in [-0.05, 0) is 42.2 Å². The van der Waals surface area contributed by atoms with E-state index in [1.54, 1.807) is 29.2 Å². The molecule has 0 radical (unpaired) electrons. The minimum atomic E-state index is -0.461. The number of oxime groups is 1. The Balaban J connectivity index is 1.67. The highest BCUT2D eigenvalue weighted by Crippen LogP contribution is 2.27. The van der Waals surface area contributed by atoms with Gasteiger partial charge in [-0.15, -0.1) is 0 Å². The molecule has 3 rings (SSSR count). The van der Waals surface area contributed by atoms with Crippen molar-refractivity contribution in [1.29, 1.82) is 0 Å². The molecule has 0 saturated heterocycles. The van der Waals surface area contributed by atoms with E-state index < -0.39 is 6.09 Å². The number of hydrogen-bond acceptors (Lipinski definition) is 3. The topological polar surface area (TPSA) is 41.9 Å². The quantitative estimate of drug-likeness (QED) is 0.472. The van der Waals surface area contributed by atoms with Gasteiger partial charge in [-0.1, -0.05) is 47.1 Å². The predicted octanol–water partition coefficient (Wildman–Crippen LogP) is 4.26. The van der Waals surface area contributed by atoms with Crippen LogP contribution in [-0.2, 0) is 11.3 Å². The number of halogens is 1. The number of anilines is 1. The van der Waals surface area contributed by atoms with Gasteiger partial charge in [-0.25, -0.2) is 4.79 Å². The lowest BCUT2D eigenvalue weighted by atomic mass is 10.0. The Morgan fingerprint density at radius 1 is 1.18 bits per heavy atom. The van der Waals surface area contributed by atoms with E-state index in [9.17, 15) is 4.79 Å². The maximum absolute atomic E-state index is 12.2. The van der Waals surface area contributed by atoms with Crippen molar-refractivity contribution in [1.82, 2.24) is 0 Å². The van der Waals surface area contributed by atoms with Crippen LogP contribution < -0.4 is 4.90 Å².